The Balaban J connectivity index is 1.37. The molecule has 1 aliphatic rings. The van der Waals surface area contributed by atoms with Crippen molar-refractivity contribution in [2.24, 2.45) is 0 Å². The standard InChI is InChI=1S/C26H36N4O3/c1-4-22-7-5-6-8-24(22)28-25(31)19-29-15-17-30(18-16-29)20(2)26(32)27-14-13-21-9-11-23(33-3)12-10-21/h5-12,20H,4,13-19H2,1-3H3,(H,27,32)(H,28,31)/t20-/m0/s1. The van der Waals surface area contributed by atoms with E-state index in [0.717, 1.165) is 61.6 Å². The third-order valence-electron chi connectivity index (χ3n) is 6.25. The van der Waals surface area contributed by atoms with Gasteiger partial charge in [-0.3, -0.25) is 19.4 Å². The van der Waals surface area contributed by atoms with Gasteiger partial charge in [-0.15, -0.1) is 0 Å². The van der Waals surface area contributed by atoms with Gasteiger partial charge in [-0.25, -0.2) is 0 Å². The summed E-state index contributed by atoms with van der Waals surface area (Å²) in [7, 11) is 1.65. The van der Waals surface area contributed by atoms with Gasteiger partial charge in [-0.2, -0.15) is 0 Å². The Morgan fingerprint density at radius 1 is 1.03 bits per heavy atom. The third-order valence-corrected chi connectivity index (χ3v) is 6.25. The average molecular weight is 453 g/mol. The number of rotatable bonds is 10. The van der Waals surface area contributed by atoms with Crippen LogP contribution in [0.15, 0.2) is 48.5 Å². The molecule has 1 aliphatic heterocycles. The Kier molecular flexibility index (Phi) is 9.27. The van der Waals surface area contributed by atoms with Crippen molar-refractivity contribution in [2.45, 2.75) is 32.7 Å². The predicted molar refractivity (Wildman–Crippen MR) is 132 cm³/mol. The first-order chi connectivity index (χ1) is 16.0. The van der Waals surface area contributed by atoms with Crippen LogP contribution in [0, 0.1) is 0 Å². The van der Waals surface area contributed by atoms with E-state index in [0.29, 0.717) is 13.1 Å². The minimum absolute atomic E-state index is 0.00803. The van der Waals surface area contributed by atoms with Crippen LogP contribution in [0.1, 0.15) is 25.0 Å². The second kappa shape index (κ2) is 12.4. The zero-order chi connectivity index (χ0) is 23.6. The van der Waals surface area contributed by atoms with E-state index in [1.54, 1.807) is 7.11 Å². The Labute approximate surface area is 197 Å². The first-order valence-corrected chi connectivity index (χ1v) is 11.7. The van der Waals surface area contributed by atoms with Crippen LogP contribution in [-0.2, 0) is 22.4 Å². The number of carbonyl (C=O) groups excluding carboxylic acids is 2. The summed E-state index contributed by atoms with van der Waals surface area (Å²) in [5.74, 6) is 0.887. The van der Waals surface area contributed by atoms with Crippen LogP contribution in [0.3, 0.4) is 0 Å². The minimum Gasteiger partial charge on any atom is -0.497 e. The summed E-state index contributed by atoms with van der Waals surface area (Å²) >= 11 is 0. The molecule has 0 radical (unpaired) electrons. The number of hydrogen-bond acceptors (Lipinski definition) is 5. The van der Waals surface area contributed by atoms with Crippen molar-refractivity contribution in [3.63, 3.8) is 0 Å². The van der Waals surface area contributed by atoms with Crippen molar-refractivity contribution in [1.82, 2.24) is 15.1 Å². The monoisotopic (exact) mass is 452 g/mol. The zero-order valence-electron chi connectivity index (χ0n) is 20.0. The molecule has 1 heterocycles. The van der Waals surface area contributed by atoms with Crippen molar-refractivity contribution < 1.29 is 14.3 Å². The number of nitrogens with one attached hydrogen (secondary N) is 2. The molecule has 0 saturated carbocycles. The van der Waals surface area contributed by atoms with Gasteiger partial charge in [0.05, 0.1) is 19.7 Å². The largest absolute Gasteiger partial charge is 0.497 e. The predicted octanol–water partition coefficient (Wildman–Crippen LogP) is 2.56. The molecule has 1 atom stereocenters. The topological polar surface area (TPSA) is 73.9 Å². The van der Waals surface area contributed by atoms with Gasteiger partial charge in [0.1, 0.15) is 5.75 Å². The third kappa shape index (κ3) is 7.30. The molecule has 0 aliphatic carbocycles. The molecule has 1 saturated heterocycles. The minimum atomic E-state index is -0.187. The fraction of sp³-hybridized carbons (Fsp3) is 0.462. The molecule has 1 fully saturated rings. The van der Waals surface area contributed by atoms with Gasteiger partial charge in [0.25, 0.3) is 0 Å². The highest BCUT2D eigenvalue weighted by atomic mass is 16.5. The van der Waals surface area contributed by atoms with Crippen molar-refractivity contribution in [3.05, 3.63) is 59.7 Å². The lowest BCUT2D eigenvalue weighted by Crippen LogP contribution is -2.54. The first kappa shape index (κ1) is 24.7. The lowest BCUT2D eigenvalue weighted by atomic mass is 10.1. The molecule has 7 heteroatoms. The molecule has 3 rings (SSSR count). The number of aryl methyl sites for hydroxylation is 1. The van der Waals surface area contributed by atoms with E-state index in [4.69, 9.17) is 4.74 Å². The molecular weight excluding hydrogens is 416 g/mol. The van der Waals surface area contributed by atoms with Crippen molar-refractivity contribution in [3.8, 4) is 5.75 Å². The number of carbonyl (C=O) groups is 2. The molecule has 178 valence electrons. The summed E-state index contributed by atoms with van der Waals surface area (Å²) in [6.07, 6.45) is 1.67. The fourth-order valence-electron chi connectivity index (χ4n) is 4.09. The van der Waals surface area contributed by atoms with E-state index in [1.165, 1.54) is 0 Å². The second-order valence-corrected chi connectivity index (χ2v) is 8.44. The molecule has 2 N–H and O–H groups in total. The van der Waals surface area contributed by atoms with Crippen molar-refractivity contribution >= 4 is 17.5 Å². The Morgan fingerprint density at radius 3 is 2.39 bits per heavy atom. The van der Waals surface area contributed by atoms with Gasteiger partial charge in [0.2, 0.25) is 11.8 Å². The van der Waals surface area contributed by atoms with E-state index >= 15 is 0 Å². The maximum atomic E-state index is 12.6. The summed E-state index contributed by atoms with van der Waals surface area (Å²) in [5.41, 5.74) is 3.20. The number of benzene rings is 2. The number of methoxy groups -OCH3 is 1. The van der Waals surface area contributed by atoms with Crippen LogP contribution in [0.5, 0.6) is 5.75 Å². The number of para-hydroxylation sites is 1. The molecule has 0 aromatic heterocycles. The molecular formula is C26H36N4O3. The first-order valence-electron chi connectivity index (χ1n) is 11.7. The highest BCUT2D eigenvalue weighted by Gasteiger charge is 2.26. The molecule has 7 nitrogen and oxygen atoms in total. The lowest BCUT2D eigenvalue weighted by molar-refractivity contribution is -0.127. The van der Waals surface area contributed by atoms with Gasteiger partial charge < -0.3 is 15.4 Å². The summed E-state index contributed by atoms with van der Waals surface area (Å²) in [4.78, 5) is 29.4. The smallest absolute Gasteiger partial charge is 0.238 e. The van der Waals surface area contributed by atoms with E-state index in [1.807, 2.05) is 55.5 Å². The maximum absolute atomic E-state index is 12.6. The Hall–Kier alpha value is -2.90. The summed E-state index contributed by atoms with van der Waals surface area (Å²) in [6, 6.07) is 15.6. The molecule has 0 unspecified atom stereocenters. The number of amides is 2. The lowest BCUT2D eigenvalue weighted by Gasteiger charge is -2.37. The SMILES string of the molecule is CCc1ccccc1NC(=O)CN1CCN([C@@H](C)C(=O)NCCc2ccc(OC)cc2)CC1. The maximum Gasteiger partial charge on any atom is 0.238 e. The number of piperazine rings is 1. The highest BCUT2D eigenvalue weighted by molar-refractivity contribution is 5.93. The normalized spacial score (nSPS) is 15.6. The molecule has 33 heavy (non-hydrogen) atoms. The number of nitrogens with zero attached hydrogens (tertiary/aromatic N) is 2. The quantitative estimate of drug-likeness (QED) is 0.580. The van der Waals surface area contributed by atoms with Crippen molar-refractivity contribution in [1.29, 1.82) is 0 Å². The molecule has 2 aromatic rings. The van der Waals surface area contributed by atoms with Crippen LogP contribution < -0.4 is 15.4 Å². The summed E-state index contributed by atoms with van der Waals surface area (Å²) < 4.78 is 5.17. The number of ether oxygens (including phenoxy) is 1. The Morgan fingerprint density at radius 2 is 1.73 bits per heavy atom. The summed E-state index contributed by atoms with van der Waals surface area (Å²) in [6.45, 7) is 8.09. The summed E-state index contributed by atoms with van der Waals surface area (Å²) in [5, 5.41) is 6.09. The molecule has 2 aromatic carbocycles. The average Bonchev–Trinajstić information content (AvgIpc) is 2.84. The molecule has 0 bridgehead atoms. The zero-order valence-corrected chi connectivity index (χ0v) is 20.0. The van der Waals surface area contributed by atoms with Crippen LogP contribution in [0.4, 0.5) is 5.69 Å². The van der Waals surface area contributed by atoms with Crippen LogP contribution in [-0.4, -0.2) is 74.0 Å². The number of anilines is 1. The van der Waals surface area contributed by atoms with Gasteiger partial charge in [-0.05, 0) is 49.1 Å². The van der Waals surface area contributed by atoms with E-state index in [9.17, 15) is 9.59 Å². The fourth-order valence-corrected chi connectivity index (χ4v) is 4.09. The molecule has 2 amide bonds. The van der Waals surface area contributed by atoms with Crippen molar-refractivity contribution in [2.75, 3.05) is 51.7 Å². The van der Waals surface area contributed by atoms with Gasteiger partial charge in [0, 0.05) is 38.4 Å². The van der Waals surface area contributed by atoms with E-state index in [-0.39, 0.29) is 17.9 Å². The van der Waals surface area contributed by atoms with Gasteiger partial charge in [0.15, 0.2) is 0 Å². The number of hydrogen-bond donors (Lipinski definition) is 2. The second-order valence-electron chi connectivity index (χ2n) is 8.44. The van der Waals surface area contributed by atoms with Crippen LogP contribution >= 0.6 is 0 Å². The highest BCUT2D eigenvalue weighted by Crippen LogP contribution is 2.16. The molecule has 0 spiro atoms. The van der Waals surface area contributed by atoms with Crippen LogP contribution in [0.25, 0.3) is 0 Å². The van der Waals surface area contributed by atoms with Gasteiger partial charge in [-0.1, -0.05) is 37.3 Å². The Bertz CT molecular complexity index is 908. The van der Waals surface area contributed by atoms with E-state index in [2.05, 4.69) is 27.4 Å². The van der Waals surface area contributed by atoms with Crippen LogP contribution in [0.2, 0.25) is 0 Å². The van der Waals surface area contributed by atoms with E-state index < -0.39 is 0 Å². The van der Waals surface area contributed by atoms with Gasteiger partial charge >= 0.3 is 0 Å².